The Balaban J connectivity index is 4.28. The average molecular weight is 756 g/mol. The Bertz CT molecular complexity index is 709. The van der Waals surface area contributed by atoms with E-state index in [1.807, 2.05) is 0 Å². The van der Waals surface area contributed by atoms with Gasteiger partial charge in [0.05, 0.1) is 25.0 Å². The third kappa shape index (κ3) is 35.0. The Morgan fingerprint density at radius 3 is 1.09 bits per heavy atom. The van der Waals surface area contributed by atoms with Gasteiger partial charge in [-0.15, -0.1) is 0 Å². The lowest BCUT2D eigenvalue weighted by molar-refractivity contribution is -0.151. The molecule has 0 fully saturated rings. The van der Waals surface area contributed by atoms with Gasteiger partial charge in [0.2, 0.25) is 0 Å². The quantitative estimate of drug-likeness (QED) is 0.0485. The van der Waals surface area contributed by atoms with Gasteiger partial charge in [0.15, 0.2) is 0 Å². The summed E-state index contributed by atoms with van der Waals surface area (Å²) in [6, 6.07) is 0. The van der Waals surface area contributed by atoms with Crippen molar-refractivity contribution in [3.8, 4) is 0 Å². The van der Waals surface area contributed by atoms with Crippen LogP contribution in [-0.2, 0) is 28.5 Å². The summed E-state index contributed by atoms with van der Waals surface area (Å²) in [5, 5.41) is 9.39. The monoisotopic (exact) mass is 756 g/mol. The standard InChI is InChI=1S/C45H89NO7/c1-5-9-13-17-19-23-30-42(28-21-15-11-7-3)44(48)52-40-38-50-36-26-33-46(32-25-35-47)34-27-37-51-39-41-53-45(49)43(29-22-16-12-8-4)31-24-20-18-14-10-6-2/h42-43,47H,5-41H2,1-4H3. The van der Waals surface area contributed by atoms with Crippen molar-refractivity contribution in [2.45, 2.75) is 201 Å². The first-order valence-electron chi connectivity index (χ1n) is 22.9. The lowest BCUT2D eigenvalue weighted by Crippen LogP contribution is -2.29. The van der Waals surface area contributed by atoms with Gasteiger partial charge in [0.25, 0.3) is 0 Å². The highest BCUT2D eigenvalue weighted by Gasteiger charge is 2.20. The van der Waals surface area contributed by atoms with Crippen molar-refractivity contribution in [3.05, 3.63) is 0 Å². The lowest BCUT2D eigenvalue weighted by atomic mass is 9.94. The summed E-state index contributed by atoms with van der Waals surface area (Å²) in [7, 11) is 0. The zero-order valence-corrected chi connectivity index (χ0v) is 35.7. The number of nitrogens with zero attached hydrogens (tertiary/aromatic N) is 1. The number of ether oxygens (including phenoxy) is 4. The number of hydrogen-bond acceptors (Lipinski definition) is 8. The largest absolute Gasteiger partial charge is 0.463 e. The first-order chi connectivity index (χ1) is 26.0. The SMILES string of the molecule is CCCCCCCCC(CCCCCC)C(=O)OCCOCCCN(CCCO)CCCOCCOC(=O)C(CCCCCC)CCCCCCCC. The van der Waals surface area contributed by atoms with Crippen molar-refractivity contribution in [3.63, 3.8) is 0 Å². The maximum Gasteiger partial charge on any atom is 0.309 e. The Hall–Kier alpha value is -1.22. The molecule has 0 spiro atoms. The Kier molecular flexibility index (Phi) is 41.0. The fourth-order valence-electron chi connectivity index (χ4n) is 6.99. The molecule has 0 aromatic heterocycles. The van der Waals surface area contributed by atoms with Gasteiger partial charge in [-0.05, 0) is 44.9 Å². The fraction of sp³-hybridized carbons (Fsp3) is 0.956. The van der Waals surface area contributed by atoms with Crippen LogP contribution in [0.5, 0.6) is 0 Å². The Labute approximate surface area is 328 Å². The van der Waals surface area contributed by atoms with E-state index in [0.717, 1.165) is 90.3 Å². The molecule has 0 bridgehead atoms. The minimum atomic E-state index is -0.0419. The molecule has 0 aromatic rings. The van der Waals surface area contributed by atoms with E-state index in [4.69, 9.17) is 18.9 Å². The van der Waals surface area contributed by atoms with Crippen molar-refractivity contribution in [2.24, 2.45) is 11.8 Å². The highest BCUT2D eigenvalue weighted by molar-refractivity contribution is 5.72. The normalized spacial score (nSPS) is 12.7. The number of esters is 2. The van der Waals surface area contributed by atoms with E-state index in [9.17, 15) is 14.7 Å². The molecule has 0 aliphatic rings. The van der Waals surface area contributed by atoms with Crippen LogP contribution in [0.3, 0.4) is 0 Å². The van der Waals surface area contributed by atoms with Gasteiger partial charge in [-0.25, -0.2) is 0 Å². The van der Waals surface area contributed by atoms with Crippen LogP contribution in [0, 0.1) is 11.8 Å². The van der Waals surface area contributed by atoms with Crippen molar-refractivity contribution in [1.82, 2.24) is 4.90 Å². The van der Waals surface area contributed by atoms with E-state index >= 15 is 0 Å². The fourth-order valence-corrected chi connectivity index (χ4v) is 6.99. The molecule has 0 aromatic carbocycles. The zero-order valence-electron chi connectivity index (χ0n) is 35.7. The highest BCUT2D eigenvalue weighted by Crippen LogP contribution is 2.22. The summed E-state index contributed by atoms with van der Waals surface area (Å²) >= 11 is 0. The molecule has 8 heteroatoms. The number of carbonyl (C=O) groups excluding carboxylic acids is 2. The van der Waals surface area contributed by atoms with Crippen molar-refractivity contribution in [1.29, 1.82) is 0 Å². The highest BCUT2D eigenvalue weighted by atomic mass is 16.6. The lowest BCUT2D eigenvalue weighted by Gasteiger charge is -2.22. The van der Waals surface area contributed by atoms with E-state index in [-0.39, 0.29) is 30.4 Å². The van der Waals surface area contributed by atoms with Crippen LogP contribution < -0.4 is 0 Å². The van der Waals surface area contributed by atoms with Crippen LogP contribution in [-0.4, -0.2) is 87.8 Å². The number of hydrogen-bond donors (Lipinski definition) is 1. The van der Waals surface area contributed by atoms with Crippen LogP contribution in [0.2, 0.25) is 0 Å². The van der Waals surface area contributed by atoms with E-state index in [0.29, 0.717) is 39.6 Å². The number of unbranched alkanes of at least 4 members (excludes halogenated alkanes) is 16. The van der Waals surface area contributed by atoms with E-state index in [2.05, 4.69) is 32.6 Å². The van der Waals surface area contributed by atoms with Crippen molar-refractivity contribution < 1.29 is 33.6 Å². The van der Waals surface area contributed by atoms with Gasteiger partial charge in [-0.1, -0.05) is 156 Å². The van der Waals surface area contributed by atoms with Crippen LogP contribution in [0.25, 0.3) is 0 Å². The van der Waals surface area contributed by atoms with Crippen LogP contribution in [0.4, 0.5) is 0 Å². The third-order valence-corrected chi connectivity index (χ3v) is 10.4. The summed E-state index contributed by atoms with van der Waals surface area (Å²) in [5.41, 5.74) is 0. The minimum Gasteiger partial charge on any atom is -0.463 e. The summed E-state index contributed by atoms with van der Waals surface area (Å²) in [6.07, 6.45) is 30.6. The van der Waals surface area contributed by atoms with Crippen LogP contribution in [0.1, 0.15) is 201 Å². The molecule has 0 radical (unpaired) electrons. The first kappa shape index (κ1) is 51.8. The summed E-state index contributed by atoms with van der Waals surface area (Å²) in [4.78, 5) is 28.1. The Morgan fingerprint density at radius 1 is 0.415 bits per heavy atom. The predicted octanol–water partition coefficient (Wildman–Crippen LogP) is 11.2. The van der Waals surface area contributed by atoms with Gasteiger partial charge in [-0.2, -0.15) is 0 Å². The molecular weight excluding hydrogens is 666 g/mol. The molecule has 2 atom stereocenters. The second kappa shape index (κ2) is 41.9. The first-order valence-corrected chi connectivity index (χ1v) is 22.9. The zero-order chi connectivity index (χ0) is 38.9. The topological polar surface area (TPSA) is 94.5 Å². The maximum absolute atomic E-state index is 12.9. The average Bonchev–Trinajstić information content (AvgIpc) is 3.16. The molecule has 53 heavy (non-hydrogen) atoms. The van der Waals surface area contributed by atoms with E-state index in [1.165, 1.54) is 103 Å². The van der Waals surface area contributed by atoms with Gasteiger partial charge >= 0.3 is 11.9 Å². The van der Waals surface area contributed by atoms with Gasteiger partial charge in [0.1, 0.15) is 13.2 Å². The van der Waals surface area contributed by atoms with Crippen molar-refractivity contribution >= 4 is 11.9 Å². The molecule has 0 rings (SSSR count). The smallest absolute Gasteiger partial charge is 0.309 e. The minimum absolute atomic E-state index is 0.0225. The van der Waals surface area contributed by atoms with E-state index in [1.54, 1.807) is 0 Å². The molecule has 0 amide bonds. The molecule has 316 valence electrons. The molecule has 0 saturated heterocycles. The number of rotatable bonds is 43. The van der Waals surface area contributed by atoms with Gasteiger partial charge in [-0.3, -0.25) is 9.59 Å². The summed E-state index contributed by atoms with van der Waals surface area (Å²) in [6.45, 7) is 14.4. The molecule has 0 aliphatic heterocycles. The molecule has 2 unspecified atom stereocenters. The molecule has 0 aliphatic carbocycles. The van der Waals surface area contributed by atoms with E-state index < -0.39 is 0 Å². The van der Waals surface area contributed by atoms with Gasteiger partial charge < -0.3 is 29.0 Å². The van der Waals surface area contributed by atoms with Crippen LogP contribution in [0.15, 0.2) is 0 Å². The number of aliphatic hydroxyl groups excluding tert-OH is 1. The number of aliphatic hydroxyl groups is 1. The van der Waals surface area contributed by atoms with Crippen LogP contribution >= 0.6 is 0 Å². The summed E-state index contributed by atoms with van der Waals surface area (Å²) < 4.78 is 23.0. The molecule has 8 nitrogen and oxygen atoms in total. The Morgan fingerprint density at radius 2 is 0.736 bits per heavy atom. The predicted molar refractivity (Wildman–Crippen MR) is 221 cm³/mol. The van der Waals surface area contributed by atoms with Crippen molar-refractivity contribution in [2.75, 3.05) is 65.9 Å². The molecule has 1 N–H and O–H groups in total. The maximum atomic E-state index is 12.9. The summed E-state index contributed by atoms with van der Waals surface area (Å²) in [5.74, 6) is -0.0389. The number of carbonyl (C=O) groups is 2. The second-order valence-electron chi connectivity index (χ2n) is 15.4. The molecular formula is C45H89NO7. The molecule has 0 saturated carbocycles. The third-order valence-electron chi connectivity index (χ3n) is 10.4. The van der Waals surface area contributed by atoms with Gasteiger partial charge in [0, 0.05) is 39.5 Å². The molecule has 0 heterocycles. The second-order valence-corrected chi connectivity index (χ2v) is 15.4.